The highest BCUT2D eigenvalue weighted by Crippen LogP contribution is 2.07. The van der Waals surface area contributed by atoms with Crippen LogP contribution in [0.1, 0.15) is 5.69 Å². The maximum atomic E-state index is 4.37. The zero-order valence-electron chi connectivity index (χ0n) is 7.49. The summed E-state index contributed by atoms with van der Waals surface area (Å²) >= 11 is 0. The molecule has 0 amide bonds. The fourth-order valence-corrected chi connectivity index (χ4v) is 1.23. The number of aromatic nitrogens is 2. The monoisotopic (exact) mass is 168 g/mol. The first kappa shape index (κ1) is 7.99. The Morgan fingerprint density at radius 2 is 2.15 bits per heavy atom. The molecule has 0 saturated heterocycles. The van der Waals surface area contributed by atoms with Gasteiger partial charge in [0, 0.05) is 0 Å². The Morgan fingerprint density at radius 3 is 2.92 bits per heavy atom. The molecule has 1 aromatic heterocycles. The first-order valence-electron chi connectivity index (χ1n) is 4.15. The van der Waals surface area contributed by atoms with Gasteiger partial charge in [-0.05, 0) is 18.2 Å². The van der Waals surface area contributed by atoms with Crippen molar-refractivity contribution in [1.82, 2.24) is 9.97 Å². The average Bonchev–Trinajstić information content (AvgIpc) is 2.16. The van der Waals surface area contributed by atoms with Gasteiger partial charge in [-0.2, -0.15) is 0 Å². The van der Waals surface area contributed by atoms with E-state index in [0.717, 1.165) is 16.7 Å². The zero-order valence-corrected chi connectivity index (χ0v) is 7.49. The van der Waals surface area contributed by atoms with Crippen molar-refractivity contribution in [2.24, 2.45) is 0 Å². The lowest BCUT2D eigenvalue weighted by molar-refractivity contribution is 1.27. The number of benzene rings is 1. The van der Waals surface area contributed by atoms with Crippen molar-refractivity contribution in [2.75, 3.05) is 0 Å². The van der Waals surface area contributed by atoms with E-state index in [2.05, 4.69) is 16.5 Å². The molecule has 0 aliphatic rings. The summed E-state index contributed by atoms with van der Waals surface area (Å²) in [7, 11) is 2.04. The predicted molar refractivity (Wildman–Crippen MR) is 57.8 cm³/mol. The summed E-state index contributed by atoms with van der Waals surface area (Å²) in [5.41, 5.74) is 3.87. The highest BCUT2D eigenvalue weighted by atomic mass is 14.8. The second-order valence-corrected chi connectivity index (χ2v) is 2.99. The van der Waals surface area contributed by atoms with Crippen LogP contribution in [0.3, 0.4) is 0 Å². The van der Waals surface area contributed by atoms with E-state index in [1.54, 1.807) is 12.3 Å². The first-order valence-corrected chi connectivity index (χ1v) is 4.15. The van der Waals surface area contributed by atoms with Gasteiger partial charge in [-0.3, -0.25) is 4.98 Å². The Labute approximate surface area is 77.7 Å². The molecule has 0 aliphatic heterocycles. The molecule has 2 aromatic rings. The second-order valence-electron chi connectivity index (χ2n) is 2.99. The fourth-order valence-electron chi connectivity index (χ4n) is 1.23. The van der Waals surface area contributed by atoms with Crippen molar-refractivity contribution < 1.29 is 0 Å². The fraction of sp³-hybridized carbons (Fsp3) is 0. The number of hydrogen-bond acceptors (Lipinski definition) is 2. The van der Waals surface area contributed by atoms with Gasteiger partial charge in [-0.1, -0.05) is 18.1 Å². The van der Waals surface area contributed by atoms with Crippen molar-refractivity contribution in [3.8, 4) is 0 Å². The SMILES string of the molecule is Bc1ccc2ncc(C=C)nc2c1. The van der Waals surface area contributed by atoms with E-state index < -0.39 is 0 Å². The molecule has 0 N–H and O–H groups in total. The molecule has 62 valence electrons. The third-order valence-corrected chi connectivity index (χ3v) is 1.93. The van der Waals surface area contributed by atoms with Crippen LogP contribution in [0.5, 0.6) is 0 Å². The third kappa shape index (κ3) is 1.45. The predicted octanol–water partition coefficient (Wildman–Crippen LogP) is 0.531. The normalized spacial score (nSPS) is 10.2. The number of hydrogen-bond donors (Lipinski definition) is 0. The molecule has 3 heteroatoms. The Balaban J connectivity index is 2.74. The third-order valence-electron chi connectivity index (χ3n) is 1.93. The molecule has 0 bridgehead atoms. The summed E-state index contributed by atoms with van der Waals surface area (Å²) in [6, 6.07) is 6.03. The van der Waals surface area contributed by atoms with Gasteiger partial charge in [0.1, 0.15) is 7.85 Å². The summed E-state index contributed by atoms with van der Waals surface area (Å²) in [5.74, 6) is 0. The first-order chi connectivity index (χ1) is 6.29. The molecular weight excluding hydrogens is 159 g/mol. The van der Waals surface area contributed by atoms with E-state index in [1.165, 1.54) is 5.46 Å². The standard InChI is InChI=1S/C10H9BN2/c1-2-8-6-12-9-4-3-7(11)5-10(9)13-8/h2-6H,1,11H2. The Bertz CT molecular complexity index is 465. The molecule has 2 nitrogen and oxygen atoms in total. The Morgan fingerprint density at radius 1 is 1.31 bits per heavy atom. The van der Waals surface area contributed by atoms with Crippen LogP contribution in [-0.4, -0.2) is 17.8 Å². The van der Waals surface area contributed by atoms with Crippen LogP contribution >= 0.6 is 0 Å². The average molecular weight is 168 g/mol. The molecule has 1 aromatic carbocycles. The van der Waals surface area contributed by atoms with Crippen molar-refractivity contribution in [3.05, 3.63) is 36.7 Å². The molecule has 0 radical (unpaired) electrons. The van der Waals surface area contributed by atoms with Gasteiger partial charge in [0.05, 0.1) is 22.9 Å². The Hall–Kier alpha value is -1.64. The minimum Gasteiger partial charge on any atom is -0.252 e. The summed E-state index contributed by atoms with van der Waals surface area (Å²) in [6.45, 7) is 3.66. The summed E-state index contributed by atoms with van der Waals surface area (Å²) in [6.07, 6.45) is 3.43. The molecule has 0 saturated carbocycles. The van der Waals surface area contributed by atoms with E-state index in [4.69, 9.17) is 0 Å². The van der Waals surface area contributed by atoms with Gasteiger partial charge in [0.15, 0.2) is 0 Å². The molecule has 0 atom stereocenters. The summed E-state index contributed by atoms with van der Waals surface area (Å²) in [4.78, 5) is 8.63. The lowest BCUT2D eigenvalue weighted by Gasteiger charge is -1.98. The minimum atomic E-state index is 0.818. The lowest BCUT2D eigenvalue weighted by atomic mass is 9.96. The van der Waals surface area contributed by atoms with Gasteiger partial charge < -0.3 is 0 Å². The van der Waals surface area contributed by atoms with Crippen LogP contribution in [0.15, 0.2) is 31.0 Å². The summed E-state index contributed by atoms with van der Waals surface area (Å²) in [5, 5.41) is 0. The van der Waals surface area contributed by atoms with E-state index in [-0.39, 0.29) is 0 Å². The van der Waals surface area contributed by atoms with Gasteiger partial charge >= 0.3 is 0 Å². The number of fused-ring (bicyclic) bond motifs is 1. The molecular formula is C10H9BN2. The zero-order chi connectivity index (χ0) is 9.26. The van der Waals surface area contributed by atoms with Gasteiger partial charge in [0.2, 0.25) is 0 Å². The van der Waals surface area contributed by atoms with Gasteiger partial charge in [-0.15, -0.1) is 0 Å². The van der Waals surface area contributed by atoms with Crippen molar-refractivity contribution in [2.45, 2.75) is 0 Å². The van der Waals surface area contributed by atoms with Crippen LogP contribution < -0.4 is 5.46 Å². The molecule has 13 heavy (non-hydrogen) atoms. The smallest absolute Gasteiger partial charge is 0.139 e. The van der Waals surface area contributed by atoms with Crippen LogP contribution in [0, 0.1) is 0 Å². The van der Waals surface area contributed by atoms with Crippen molar-refractivity contribution >= 4 is 30.4 Å². The lowest BCUT2D eigenvalue weighted by Crippen LogP contribution is -2.01. The largest absolute Gasteiger partial charge is 0.252 e. The maximum absolute atomic E-state index is 4.37. The van der Waals surface area contributed by atoms with E-state index in [9.17, 15) is 0 Å². The minimum absolute atomic E-state index is 0.818. The van der Waals surface area contributed by atoms with Gasteiger partial charge in [0.25, 0.3) is 0 Å². The van der Waals surface area contributed by atoms with E-state index >= 15 is 0 Å². The van der Waals surface area contributed by atoms with Crippen LogP contribution in [0.4, 0.5) is 0 Å². The molecule has 0 spiro atoms. The number of rotatable bonds is 1. The van der Waals surface area contributed by atoms with Crippen LogP contribution in [-0.2, 0) is 0 Å². The van der Waals surface area contributed by atoms with Crippen LogP contribution in [0.25, 0.3) is 17.1 Å². The second kappa shape index (κ2) is 3.01. The number of nitrogens with zero attached hydrogens (tertiary/aromatic N) is 2. The van der Waals surface area contributed by atoms with Crippen LogP contribution in [0.2, 0.25) is 0 Å². The van der Waals surface area contributed by atoms with E-state index in [1.807, 2.05) is 26.0 Å². The topological polar surface area (TPSA) is 25.8 Å². The Kier molecular flexibility index (Phi) is 1.85. The quantitative estimate of drug-likeness (QED) is 0.580. The summed E-state index contributed by atoms with van der Waals surface area (Å²) < 4.78 is 0. The van der Waals surface area contributed by atoms with Gasteiger partial charge in [-0.25, -0.2) is 4.98 Å². The highest BCUT2D eigenvalue weighted by molar-refractivity contribution is 6.33. The van der Waals surface area contributed by atoms with E-state index in [0.29, 0.717) is 0 Å². The molecule has 0 aliphatic carbocycles. The maximum Gasteiger partial charge on any atom is 0.139 e. The molecule has 1 heterocycles. The van der Waals surface area contributed by atoms with Crippen molar-refractivity contribution in [3.63, 3.8) is 0 Å². The molecule has 0 unspecified atom stereocenters. The molecule has 2 rings (SSSR count). The highest BCUT2D eigenvalue weighted by Gasteiger charge is 1.96. The van der Waals surface area contributed by atoms with Crippen molar-refractivity contribution in [1.29, 1.82) is 0 Å². The molecule has 0 fully saturated rings.